The number of pyridine rings is 1. The Morgan fingerprint density at radius 1 is 0.939 bits per heavy atom. The van der Waals surface area contributed by atoms with Crippen LogP contribution in [0.15, 0.2) is 48.7 Å². The summed E-state index contributed by atoms with van der Waals surface area (Å²) in [6.07, 6.45) is -2.64. The Morgan fingerprint density at radius 2 is 1.67 bits per heavy atom. The predicted octanol–water partition coefficient (Wildman–Crippen LogP) is 4.34. The summed E-state index contributed by atoms with van der Waals surface area (Å²) >= 11 is 0. The molecule has 3 heterocycles. The lowest BCUT2D eigenvalue weighted by Gasteiger charge is -2.35. The van der Waals surface area contributed by atoms with Crippen LogP contribution in [-0.4, -0.2) is 55.2 Å². The molecule has 1 N–H and O–H groups in total. The smallest absolute Gasteiger partial charge is 0.363 e. The minimum atomic E-state index is -4.42. The third kappa shape index (κ3) is 5.27. The zero-order valence-corrected chi connectivity index (χ0v) is 18.8. The summed E-state index contributed by atoms with van der Waals surface area (Å²) < 4.78 is 40.0. The molecule has 7 nitrogen and oxygen atoms in total. The summed E-state index contributed by atoms with van der Waals surface area (Å²) in [6, 6.07) is 11.7. The number of halogens is 3. The Labute approximate surface area is 190 Å². The van der Waals surface area contributed by atoms with Gasteiger partial charge in [0, 0.05) is 58.2 Å². The van der Waals surface area contributed by atoms with Crippen molar-refractivity contribution in [3.8, 4) is 0 Å². The van der Waals surface area contributed by atoms with E-state index in [9.17, 15) is 13.2 Å². The fraction of sp³-hybridized carbons (Fsp3) is 0.348. The van der Waals surface area contributed by atoms with Crippen LogP contribution < -0.4 is 20.0 Å². The van der Waals surface area contributed by atoms with Crippen LogP contribution in [0, 0.1) is 6.92 Å². The highest BCUT2D eigenvalue weighted by Gasteiger charge is 2.32. The summed E-state index contributed by atoms with van der Waals surface area (Å²) in [5.41, 5.74) is -0.168. The lowest BCUT2D eigenvalue weighted by molar-refractivity contribution is -0.138. The van der Waals surface area contributed by atoms with Gasteiger partial charge in [0.1, 0.15) is 17.5 Å². The molecule has 1 aromatic carbocycles. The van der Waals surface area contributed by atoms with Crippen LogP contribution in [0.5, 0.6) is 0 Å². The molecule has 3 aromatic rings. The van der Waals surface area contributed by atoms with Crippen LogP contribution >= 0.6 is 0 Å². The summed E-state index contributed by atoms with van der Waals surface area (Å²) in [5.74, 6) is 2.57. The summed E-state index contributed by atoms with van der Waals surface area (Å²) in [6.45, 7) is 4.39. The molecule has 0 bridgehead atoms. The second-order valence-corrected chi connectivity index (χ2v) is 8.12. The fourth-order valence-corrected chi connectivity index (χ4v) is 3.69. The third-order valence-electron chi connectivity index (χ3n) is 5.51. The Balaban J connectivity index is 1.56. The van der Waals surface area contributed by atoms with E-state index in [0.29, 0.717) is 36.4 Å². The van der Waals surface area contributed by atoms with Crippen molar-refractivity contribution in [2.45, 2.75) is 13.1 Å². The Kier molecular flexibility index (Phi) is 6.26. The molecule has 2 aromatic heterocycles. The maximum atomic E-state index is 13.3. The maximum absolute atomic E-state index is 13.3. The molecular formula is C23H26F3N7. The van der Waals surface area contributed by atoms with Gasteiger partial charge in [-0.3, -0.25) is 0 Å². The van der Waals surface area contributed by atoms with Crippen LogP contribution in [0.2, 0.25) is 0 Å². The van der Waals surface area contributed by atoms with Gasteiger partial charge in [-0.05, 0) is 36.8 Å². The molecule has 0 unspecified atom stereocenters. The first-order valence-corrected chi connectivity index (χ1v) is 10.6. The van der Waals surface area contributed by atoms with Crippen molar-refractivity contribution in [3.63, 3.8) is 0 Å². The number of hydrogen-bond acceptors (Lipinski definition) is 7. The van der Waals surface area contributed by atoms with E-state index in [-0.39, 0.29) is 5.56 Å². The zero-order chi connectivity index (χ0) is 23.6. The van der Waals surface area contributed by atoms with Gasteiger partial charge in [-0.15, -0.1) is 0 Å². The van der Waals surface area contributed by atoms with Crippen LogP contribution in [0.25, 0.3) is 0 Å². The third-order valence-corrected chi connectivity index (χ3v) is 5.51. The van der Waals surface area contributed by atoms with Gasteiger partial charge >= 0.3 is 6.18 Å². The average molecular weight is 458 g/mol. The van der Waals surface area contributed by atoms with Crippen molar-refractivity contribution < 1.29 is 13.2 Å². The molecule has 1 aliphatic rings. The first kappa shape index (κ1) is 22.6. The normalized spacial score (nSPS) is 14.4. The monoisotopic (exact) mass is 457 g/mol. The van der Waals surface area contributed by atoms with E-state index < -0.39 is 11.7 Å². The summed E-state index contributed by atoms with van der Waals surface area (Å²) in [5, 5.41) is 3.03. The average Bonchev–Trinajstić information content (AvgIpc) is 2.80. The molecule has 0 saturated carbocycles. The Bertz CT molecular complexity index is 1090. The van der Waals surface area contributed by atoms with Gasteiger partial charge in [-0.25, -0.2) is 4.98 Å². The standard InChI is InChI=1S/C23H26F3N7/c1-16-7-8-17(14-18(16)23(24,25)26)28-19-15-21(31(2)3)30-22(29-19)33-12-10-32(11-13-33)20-6-4-5-9-27-20/h4-9,14-15H,10-13H2,1-3H3,(H,28,29,30). The minimum Gasteiger partial charge on any atom is -0.363 e. The largest absolute Gasteiger partial charge is 0.416 e. The molecule has 1 saturated heterocycles. The number of alkyl halides is 3. The van der Waals surface area contributed by atoms with E-state index in [4.69, 9.17) is 0 Å². The number of benzene rings is 1. The van der Waals surface area contributed by atoms with Gasteiger partial charge in [0.2, 0.25) is 5.95 Å². The van der Waals surface area contributed by atoms with Crippen LogP contribution in [0.3, 0.4) is 0 Å². The molecule has 0 aliphatic carbocycles. The van der Waals surface area contributed by atoms with Crippen molar-refractivity contribution in [3.05, 3.63) is 59.8 Å². The van der Waals surface area contributed by atoms with E-state index in [1.165, 1.54) is 13.0 Å². The van der Waals surface area contributed by atoms with Crippen molar-refractivity contribution in [1.82, 2.24) is 15.0 Å². The van der Waals surface area contributed by atoms with Crippen molar-refractivity contribution in [2.24, 2.45) is 0 Å². The number of aryl methyl sites for hydroxylation is 1. The zero-order valence-electron chi connectivity index (χ0n) is 18.8. The molecule has 33 heavy (non-hydrogen) atoms. The van der Waals surface area contributed by atoms with Crippen LogP contribution in [-0.2, 0) is 6.18 Å². The van der Waals surface area contributed by atoms with Gasteiger partial charge in [0.15, 0.2) is 0 Å². The van der Waals surface area contributed by atoms with Crippen LogP contribution in [0.4, 0.5) is 42.3 Å². The lowest BCUT2D eigenvalue weighted by atomic mass is 10.1. The molecule has 174 valence electrons. The van der Waals surface area contributed by atoms with Crippen molar-refractivity contribution >= 4 is 29.1 Å². The first-order chi connectivity index (χ1) is 15.7. The Hall–Kier alpha value is -3.56. The highest BCUT2D eigenvalue weighted by atomic mass is 19.4. The van der Waals surface area contributed by atoms with Crippen molar-refractivity contribution in [1.29, 1.82) is 0 Å². The van der Waals surface area contributed by atoms with E-state index in [2.05, 4.69) is 30.1 Å². The molecule has 0 atom stereocenters. The van der Waals surface area contributed by atoms with E-state index in [1.807, 2.05) is 37.2 Å². The number of aromatic nitrogens is 3. The topological polar surface area (TPSA) is 60.4 Å². The van der Waals surface area contributed by atoms with Gasteiger partial charge < -0.3 is 20.0 Å². The van der Waals surface area contributed by atoms with Gasteiger partial charge in [0.25, 0.3) is 0 Å². The molecule has 0 spiro atoms. The maximum Gasteiger partial charge on any atom is 0.416 e. The van der Waals surface area contributed by atoms with Gasteiger partial charge in [0.05, 0.1) is 5.56 Å². The van der Waals surface area contributed by atoms with Gasteiger partial charge in [-0.1, -0.05) is 12.1 Å². The quantitative estimate of drug-likeness (QED) is 0.612. The Morgan fingerprint density at radius 3 is 2.30 bits per heavy atom. The number of nitrogens with zero attached hydrogens (tertiary/aromatic N) is 6. The fourth-order valence-electron chi connectivity index (χ4n) is 3.69. The first-order valence-electron chi connectivity index (χ1n) is 10.6. The molecular weight excluding hydrogens is 431 g/mol. The summed E-state index contributed by atoms with van der Waals surface area (Å²) in [7, 11) is 3.73. The molecule has 10 heteroatoms. The SMILES string of the molecule is Cc1ccc(Nc2cc(N(C)C)nc(N3CCN(c4ccccn4)CC3)n2)cc1C(F)(F)F. The number of rotatable bonds is 5. The highest BCUT2D eigenvalue weighted by Crippen LogP contribution is 2.34. The van der Waals surface area contributed by atoms with E-state index in [1.54, 1.807) is 18.3 Å². The second-order valence-electron chi connectivity index (χ2n) is 8.12. The number of piperazine rings is 1. The van der Waals surface area contributed by atoms with Gasteiger partial charge in [-0.2, -0.15) is 23.1 Å². The number of anilines is 5. The second kappa shape index (κ2) is 9.13. The number of hydrogen-bond donors (Lipinski definition) is 1. The molecule has 1 aliphatic heterocycles. The minimum absolute atomic E-state index is 0.177. The molecule has 4 rings (SSSR count). The number of nitrogens with one attached hydrogen (secondary N) is 1. The van der Waals surface area contributed by atoms with Crippen LogP contribution in [0.1, 0.15) is 11.1 Å². The molecule has 0 amide bonds. The molecule has 1 fully saturated rings. The van der Waals surface area contributed by atoms with E-state index >= 15 is 0 Å². The molecule has 0 radical (unpaired) electrons. The summed E-state index contributed by atoms with van der Waals surface area (Å²) in [4.78, 5) is 19.8. The van der Waals surface area contributed by atoms with Crippen molar-refractivity contribution in [2.75, 3.05) is 60.3 Å². The highest BCUT2D eigenvalue weighted by molar-refractivity contribution is 5.63. The van der Waals surface area contributed by atoms with E-state index in [0.717, 1.165) is 25.0 Å². The predicted molar refractivity (Wildman–Crippen MR) is 124 cm³/mol. The lowest BCUT2D eigenvalue weighted by Crippen LogP contribution is -2.47.